The number of fused-ring (bicyclic) bond motifs is 3. The Labute approximate surface area is 183 Å². The van der Waals surface area contributed by atoms with Gasteiger partial charge in [0, 0.05) is 34.0 Å². The number of benzene rings is 2. The number of hydrogen-bond donors (Lipinski definition) is 2. The van der Waals surface area contributed by atoms with Crippen LogP contribution in [0.2, 0.25) is 0 Å². The van der Waals surface area contributed by atoms with Crippen molar-refractivity contribution in [1.29, 1.82) is 10.5 Å². The maximum Gasteiger partial charge on any atom is 0.234 e. The van der Waals surface area contributed by atoms with Gasteiger partial charge in [0.1, 0.15) is 23.0 Å². The lowest BCUT2D eigenvalue weighted by Gasteiger charge is -2.08. The summed E-state index contributed by atoms with van der Waals surface area (Å²) >= 11 is 1.11. The lowest BCUT2D eigenvalue weighted by atomic mass is 10.1. The van der Waals surface area contributed by atoms with E-state index in [1.54, 1.807) is 0 Å². The molecule has 4 rings (SSSR count). The molecule has 3 N–H and O–H groups in total. The van der Waals surface area contributed by atoms with Crippen LogP contribution in [0.25, 0.3) is 21.8 Å². The molecule has 2 heterocycles. The van der Waals surface area contributed by atoms with E-state index in [4.69, 9.17) is 11.0 Å². The third kappa shape index (κ3) is 3.77. The summed E-state index contributed by atoms with van der Waals surface area (Å²) in [6, 6.07) is 19.4. The monoisotopic (exact) mass is 426 g/mol. The number of nitrogen functional groups attached to an aromatic ring is 1. The van der Waals surface area contributed by atoms with Crippen LogP contribution in [0, 0.1) is 22.7 Å². The minimum absolute atomic E-state index is 0.0437. The highest BCUT2D eigenvalue weighted by Gasteiger charge is 2.14. The minimum Gasteiger partial charge on any atom is -0.383 e. The van der Waals surface area contributed by atoms with Crippen LogP contribution < -0.4 is 11.1 Å². The zero-order valence-corrected chi connectivity index (χ0v) is 17.5. The summed E-state index contributed by atoms with van der Waals surface area (Å²) in [4.78, 5) is 16.6. The van der Waals surface area contributed by atoms with Crippen LogP contribution >= 0.6 is 11.8 Å². The van der Waals surface area contributed by atoms with E-state index in [-0.39, 0.29) is 28.6 Å². The summed E-state index contributed by atoms with van der Waals surface area (Å²) in [7, 11) is 0. The Morgan fingerprint density at radius 2 is 1.84 bits per heavy atom. The Hall–Kier alpha value is -4.01. The number of hydrogen-bond acceptors (Lipinski definition) is 6. The van der Waals surface area contributed by atoms with E-state index in [9.17, 15) is 10.1 Å². The van der Waals surface area contributed by atoms with E-state index in [2.05, 4.69) is 33.9 Å². The molecule has 0 aliphatic carbocycles. The molecule has 152 valence electrons. The van der Waals surface area contributed by atoms with Crippen LogP contribution in [0.1, 0.15) is 18.1 Å². The maximum absolute atomic E-state index is 12.5. The number of anilines is 2. The van der Waals surface area contributed by atoms with E-state index in [1.807, 2.05) is 42.5 Å². The van der Waals surface area contributed by atoms with Gasteiger partial charge in [-0.3, -0.25) is 4.79 Å². The Bertz CT molecular complexity index is 1410. The zero-order valence-electron chi connectivity index (χ0n) is 16.7. The van der Waals surface area contributed by atoms with Gasteiger partial charge in [-0.15, -0.1) is 0 Å². The van der Waals surface area contributed by atoms with Crippen LogP contribution in [-0.4, -0.2) is 21.2 Å². The van der Waals surface area contributed by atoms with Crippen LogP contribution in [0.3, 0.4) is 0 Å². The molecule has 4 aromatic rings. The van der Waals surface area contributed by atoms with Crippen molar-refractivity contribution in [2.24, 2.45) is 0 Å². The summed E-state index contributed by atoms with van der Waals surface area (Å²) in [6.07, 6.45) is 0. The molecule has 0 unspecified atom stereocenters. The molecule has 2 aromatic heterocycles. The first-order valence-corrected chi connectivity index (χ1v) is 10.6. The van der Waals surface area contributed by atoms with Crippen molar-refractivity contribution in [2.45, 2.75) is 18.5 Å². The number of aryl methyl sites for hydroxylation is 1. The number of amides is 1. The number of pyridine rings is 1. The highest BCUT2D eigenvalue weighted by atomic mass is 32.2. The van der Waals surface area contributed by atoms with Gasteiger partial charge in [-0.25, -0.2) is 4.98 Å². The van der Waals surface area contributed by atoms with Crippen LogP contribution in [0.5, 0.6) is 0 Å². The molecule has 0 atom stereocenters. The maximum atomic E-state index is 12.5. The summed E-state index contributed by atoms with van der Waals surface area (Å²) in [6.45, 7) is 2.96. The molecular weight excluding hydrogens is 408 g/mol. The minimum atomic E-state index is -0.225. The molecule has 0 radical (unpaired) electrons. The second-order valence-corrected chi connectivity index (χ2v) is 7.79. The lowest BCUT2D eigenvalue weighted by Crippen LogP contribution is -2.14. The van der Waals surface area contributed by atoms with E-state index in [0.29, 0.717) is 10.7 Å². The first kappa shape index (κ1) is 20.3. The average Bonchev–Trinajstić information content (AvgIpc) is 3.10. The van der Waals surface area contributed by atoms with Gasteiger partial charge in [-0.05, 0) is 37.3 Å². The quantitative estimate of drug-likeness (QED) is 0.460. The third-order valence-electron chi connectivity index (χ3n) is 4.97. The molecule has 31 heavy (non-hydrogen) atoms. The Kier molecular flexibility index (Phi) is 5.48. The average molecular weight is 427 g/mol. The van der Waals surface area contributed by atoms with Gasteiger partial charge in [-0.1, -0.05) is 30.0 Å². The largest absolute Gasteiger partial charge is 0.383 e. The van der Waals surface area contributed by atoms with Crippen molar-refractivity contribution < 1.29 is 4.79 Å². The van der Waals surface area contributed by atoms with Crippen molar-refractivity contribution in [2.75, 3.05) is 16.8 Å². The molecule has 8 heteroatoms. The fourth-order valence-corrected chi connectivity index (χ4v) is 4.36. The first-order valence-electron chi connectivity index (χ1n) is 9.60. The molecule has 0 saturated carbocycles. The molecule has 0 bridgehead atoms. The number of para-hydroxylation sites is 1. The van der Waals surface area contributed by atoms with Gasteiger partial charge < -0.3 is 15.6 Å². The van der Waals surface area contributed by atoms with Crippen molar-refractivity contribution in [3.8, 4) is 12.1 Å². The van der Waals surface area contributed by atoms with Crippen molar-refractivity contribution in [3.63, 3.8) is 0 Å². The van der Waals surface area contributed by atoms with Gasteiger partial charge in [0.25, 0.3) is 0 Å². The highest BCUT2D eigenvalue weighted by Crippen LogP contribution is 2.31. The molecule has 0 aliphatic heterocycles. The van der Waals surface area contributed by atoms with Crippen molar-refractivity contribution >= 4 is 51.0 Å². The van der Waals surface area contributed by atoms with Gasteiger partial charge in [0.2, 0.25) is 5.91 Å². The standard InChI is InChI=1S/C23H18N6OS/c1-2-29-19-6-4-3-5-17(19)18-10-16(7-8-20(18)29)27-21(30)13-31-23-15(12-25)9-14(11-24)22(26)28-23/h3-10H,2,13H2,1H3,(H2,26,28)(H,27,30). The number of aromatic nitrogens is 2. The summed E-state index contributed by atoms with van der Waals surface area (Å²) in [5.74, 6) is -0.124. The van der Waals surface area contributed by atoms with Gasteiger partial charge in [0.05, 0.1) is 16.9 Å². The number of nitriles is 2. The SMILES string of the molecule is CCn1c2ccccc2c2cc(NC(=O)CSc3nc(N)c(C#N)cc3C#N)ccc21. The van der Waals surface area contributed by atoms with Crippen LogP contribution in [-0.2, 0) is 11.3 Å². The molecular formula is C23H18N6OS. The third-order valence-corrected chi connectivity index (χ3v) is 5.96. The van der Waals surface area contributed by atoms with Crippen LogP contribution in [0.4, 0.5) is 11.5 Å². The fraction of sp³-hybridized carbons (Fsp3) is 0.130. The number of rotatable bonds is 5. The Morgan fingerprint density at radius 3 is 2.58 bits per heavy atom. The predicted octanol–water partition coefficient (Wildman–Crippen LogP) is 4.27. The second kappa shape index (κ2) is 8.39. The van der Waals surface area contributed by atoms with E-state index in [0.717, 1.165) is 40.1 Å². The lowest BCUT2D eigenvalue weighted by molar-refractivity contribution is -0.113. The topological polar surface area (TPSA) is 121 Å². The van der Waals surface area contributed by atoms with Gasteiger partial charge >= 0.3 is 0 Å². The number of carbonyl (C=O) groups excluding carboxylic acids is 1. The van der Waals surface area contributed by atoms with Crippen molar-refractivity contribution in [1.82, 2.24) is 9.55 Å². The van der Waals surface area contributed by atoms with Gasteiger partial charge in [-0.2, -0.15) is 10.5 Å². The summed E-state index contributed by atoms with van der Waals surface area (Å²) in [5.41, 5.74) is 9.08. The van der Waals surface area contributed by atoms with Crippen LogP contribution in [0.15, 0.2) is 53.6 Å². The number of nitrogens with two attached hydrogens (primary N) is 1. The fourth-order valence-electron chi connectivity index (χ4n) is 3.59. The molecule has 7 nitrogen and oxygen atoms in total. The van der Waals surface area contributed by atoms with E-state index < -0.39 is 0 Å². The molecule has 2 aromatic carbocycles. The predicted molar refractivity (Wildman–Crippen MR) is 123 cm³/mol. The van der Waals surface area contributed by atoms with Gasteiger partial charge in [0.15, 0.2) is 0 Å². The van der Waals surface area contributed by atoms with E-state index >= 15 is 0 Å². The number of nitrogens with one attached hydrogen (secondary N) is 1. The smallest absolute Gasteiger partial charge is 0.234 e. The highest BCUT2D eigenvalue weighted by molar-refractivity contribution is 8.00. The molecule has 0 spiro atoms. The summed E-state index contributed by atoms with van der Waals surface area (Å²) in [5, 5.41) is 23.8. The van der Waals surface area contributed by atoms with Crippen molar-refractivity contribution in [3.05, 3.63) is 59.7 Å². The Balaban J connectivity index is 1.55. The first-order chi connectivity index (χ1) is 15.0. The van der Waals surface area contributed by atoms with E-state index in [1.165, 1.54) is 6.07 Å². The summed E-state index contributed by atoms with van der Waals surface area (Å²) < 4.78 is 2.25. The molecule has 0 fully saturated rings. The number of carbonyl (C=O) groups is 1. The Morgan fingerprint density at radius 1 is 1.10 bits per heavy atom. The molecule has 0 saturated heterocycles. The number of nitrogens with zero attached hydrogens (tertiary/aromatic N) is 4. The molecule has 1 amide bonds. The second-order valence-electron chi connectivity index (χ2n) is 6.83. The normalized spacial score (nSPS) is 10.7. The zero-order chi connectivity index (χ0) is 22.0. The number of thioether (sulfide) groups is 1. The molecule has 0 aliphatic rings.